The SMILES string of the molecule is CCCCCCNc1nc(=O)[nH]c2nc[nH]c12. The number of rotatable bonds is 6. The van der Waals surface area contributed by atoms with Gasteiger partial charge in [-0.05, 0) is 6.42 Å². The van der Waals surface area contributed by atoms with Crippen LogP contribution in [0.25, 0.3) is 11.2 Å². The number of fused-ring (bicyclic) bond motifs is 1. The van der Waals surface area contributed by atoms with Crippen molar-refractivity contribution in [1.29, 1.82) is 0 Å². The topological polar surface area (TPSA) is 86.5 Å². The quantitative estimate of drug-likeness (QED) is 0.664. The maximum Gasteiger partial charge on any atom is 0.348 e. The summed E-state index contributed by atoms with van der Waals surface area (Å²) in [4.78, 5) is 24.7. The van der Waals surface area contributed by atoms with E-state index < -0.39 is 0 Å². The van der Waals surface area contributed by atoms with Gasteiger partial charge in [-0.2, -0.15) is 4.98 Å². The molecule has 0 amide bonds. The number of nitrogens with one attached hydrogen (secondary N) is 3. The Morgan fingerprint density at radius 2 is 2.24 bits per heavy atom. The molecule has 0 spiro atoms. The van der Waals surface area contributed by atoms with Crippen molar-refractivity contribution >= 4 is 17.0 Å². The second kappa shape index (κ2) is 5.47. The van der Waals surface area contributed by atoms with Crippen LogP contribution in [-0.2, 0) is 0 Å². The summed E-state index contributed by atoms with van der Waals surface area (Å²) in [5.74, 6) is 0.581. The van der Waals surface area contributed by atoms with Crippen LogP contribution in [0.1, 0.15) is 32.6 Å². The van der Waals surface area contributed by atoms with Crippen LogP contribution in [0.15, 0.2) is 11.1 Å². The van der Waals surface area contributed by atoms with Crippen LogP contribution >= 0.6 is 0 Å². The van der Waals surface area contributed by atoms with E-state index in [2.05, 4.69) is 32.2 Å². The van der Waals surface area contributed by atoms with Crippen LogP contribution in [0, 0.1) is 0 Å². The number of unbranched alkanes of at least 4 members (excludes halogenated alkanes) is 3. The van der Waals surface area contributed by atoms with Gasteiger partial charge in [-0.25, -0.2) is 9.78 Å². The molecule has 0 radical (unpaired) electrons. The molecule has 0 aliphatic heterocycles. The molecule has 17 heavy (non-hydrogen) atoms. The lowest BCUT2D eigenvalue weighted by Gasteiger charge is -2.05. The van der Waals surface area contributed by atoms with E-state index in [9.17, 15) is 4.79 Å². The molecule has 0 fully saturated rings. The largest absolute Gasteiger partial charge is 0.368 e. The van der Waals surface area contributed by atoms with E-state index in [4.69, 9.17) is 0 Å². The summed E-state index contributed by atoms with van der Waals surface area (Å²) in [6, 6.07) is 0. The molecule has 92 valence electrons. The number of anilines is 1. The predicted molar refractivity (Wildman–Crippen MR) is 67.1 cm³/mol. The van der Waals surface area contributed by atoms with Gasteiger partial charge in [-0.3, -0.25) is 4.98 Å². The lowest BCUT2D eigenvalue weighted by atomic mass is 10.2. The van der Waals surface area contributed by atoms with Gasteiger partial charge in [-0.1, -0.05) is 26.2 Å². The third-order valence-electron chi connectivity index (χ3n) is 2.64. The molecule has 2 rings (SSSR count). The van der Waals surface area contributed by atoms with E-state index >= 15 is 0 Å². The van der Waals surface area contributed by atoms with Crippen LogP contribution in [0.4, 0.5) is 5.82 Å². The Morgan fingerprint density at radius 3 is 3.06 bits per heavy atom. The maximum atomic E-state index is 11.3. The minimum Gasteiger partial charge on any atom is -0.368 e. The molecule has 0 aliphatic carbocycles. The van der Waals surface area contributed by atoms with Gasteiger partial charge < -0.3 is 10.3 Å². The molecule has 2 aromatic heterocycles. The smallest absolute Gasteiger partial charge is 0.348 e. The van der Waals surface area contributed by atoms with Crippen LogP contribution < -0.4 is 11.0 Å². The van der Waals surface area contributed by atoms with Gasteiger partial charge in [-0.15, -0.1) is 0 Å². The minimum atomic E-state index is -0.374. The summed E-state index contributed by atoms with van der Waals surface area (Å²) in [6.45, 7) is 3.00. The highest BCUT2D eigenvalue weighted by Gasteiger charge is 2.05. The summed E-state index contributed by atoms with van der Waals surface area (Å²) < 4.78 is 0. The highest BCUT2D eigenvalue weighted by molar-refractivity contribution is 5.81. The molecule has 2 heterocycles. The number of hydrogen-bond acceptors (Lipinski definition) is 4. The molecular weight excluding hydrogens is 218 g/mol. The average Bonchev–Trinajstić information content (AvgIpc) is 2.76. The second-order valence-electron chi connectivity index (χ2n) is 4.00. The van der Waals surface area contributed by atoms with E-state index in [0.717, 1.165) is 18.5 Å². The van der Waals surface area contributed by atoms with Gasteiger partial charge in [0.2, 0.25) is 0 Å². The van der Waals surface area contributed by atoms with E-state index in [0.29, 0.717) is 11.5 Å². The standard InChI is InChI=1S/C11H17N5O/c1-2-3-4-5-6-12-9-8-10(14-7-13-8)16-11(17)15-9/h7H,2-6H2,1H3,(H3,12,13,14,15,16,17). The van der Waals surface area contributed by atoms with Crippen molar-refractivity contribution in [2.24, 2.45) is 0 Å². The maximum absolute atomic E-state index is 11.3. The van der Waals surface area contributed by atoms with Crippen molar-refractivity contribution in [2.75, 3.05) is 11.9 Å². The van der Waals surface area contributed by atoms with Gasteiger partial charge in [0, 0.05) is 6.54 Å². The lowest BCUT2D eigenvalue weighted by Crippen LogP contribution is -2.14. The molecule has 0 unspecified atom stereocenters. The zero-order valence-electron chi connectivity index (χ0n) is 9.92. The number of aromatic amines is 2. The fraction of sp³-hybridized carbons (Fsp3) is 0.545. The van der Waals surface area contributed by atoms with E-state index in [1.165, 1.54) is 19.3 Å². The monoisotopic (exact) mass is 235 g/mol. The molecular formula is C11H17N5O. The van der Waals surface area contributed by atoms with Crippen LogP contribution in [0.2, 0.25) is 0 Å². The molecule has 0 bridgehead atoms. The van der Waals surface area contributed by atoms with Crippen molar-refractivity contribution in [3.63, 3.8) is 0 Å². The van der Waals surface area contributed by atoms with Gasteiger partial charge in [0.05, 0.1) is 6.33 Å². The van der Waals surface area contributed by atoms with Gasteiger partial charge in [0.1, 0.15) is 5.52 Å². The van der Waals surface area contributed by atoms with E-state index in [1.807, 2.05) is 0 Å². The van der Waals surface area contributed by atoms with Crippen molar-refractivity contribution in [3.8, 4) is 0 Å². The summed E-state index contributed by atoms with van der Waals surface area (Å²) in [5, 5.41) is 3.17. The molecule has 3 N–H and O–H groups in total. The highest BCUT2D eigenvalue weighted by atomic mass is 16.1. The molecule has 0 saturated carbocycles. The third-order valence-corrected chi connectivity index (χ3v) is 2.64. The van der Waals surface area contributed by atoms with Crippen LogP contribution in [0.5, 0.6) is 0 Å². The molecule has 0 aromatic carbocycles. The Balaban J connectivity index is 2.02. The van der Waals surface area contributed by atoms with E-state index in [-0.39, 0.29) is 5.69 Å². The van der Waals surface area contributed by atoms with E-state index in [1.54, 1.807) is 6.33 Å². The van der Waals surface area contributed by atoms with Gasteiger partial charge in [0.25, 0.3) is 0 Å². The summed E-state index contributed by atoms with van der Waals surface area (Å²) in [6.07, 6.45) is 6.28. The Kier molecular flexibility index (Phi) is 3.74. The number of aromatic nitrogens is 4. The Bertz CT molecular complexity index is 530. The van der Waals surface area contributed by atoms with Crippen LogP contribution in [0.3, 0.4) is 0 Å². The Labute approximate surface area is 98.9 Å². The first-order chi connectivity index (χ1) is 8.31. The van der Waals surface area contributed by atoms with Gasteiger partial charge in [0.15, 0.2) is 11.5 Å². The first-order valence-electron chi connectivity index (χ1n) is 5.98. The second-order valence-corrected chi connectivity index (χ2v) is 4.00. The molecule has 6 nitrogen and oxygen atoms in total. The summed E-state index contributed by atoms with van der Waals surface area (Å²) in [5.41, 5.74) is 0.918. The third kappa shape index (κ3) is 2.83. The number of hydrogen-bond donors (Lipinski definition) is 3. The number of nitrogens with zero attached hydrogens (tertiary/aromatic N) is 2. The zero-order valence-corrected chi connectivity index (χ0v) is 9.92. The first-order valence-corrected chi connectivity index (χ1v) is 5.98. The molecule has 0 saturated heterocycles. The molecule has 0 aliphatic rings. The Hall–Kier alpha value is -1.85. The van der Waals surface area contributed by atoms with Gasteiger partial charge >= 0.3 is 5.69 Å². The fourth-order valence-corrected chi connectivity index (χ4v) is 1.74. The molecule has 0 atom stereocenters. The van der Waals surface area contributed by atoms with Crippen molar-refractivity contribution in [3.05, 3.63) is 16.8 Å². The Morgan fingerprint density at radius 1 is 1.35 bits per heavy atom. The zero-order chi connectivity index (χ0) is 12.1. The minimum absolute atomic E-state index is 0.374. The first kappa shape index (κ1) is 11.6. The predicted octanol–water partition coefficient (Wildman–Crippen LogP) is 1.64. The summed E-state index contributed by atoms with van der Waals surface area (Å²) >= 11 is 0. The highest BCUT2D eigenvalue weighted by Crippen LogP contribution is 2.12. The van der Waals surface area contributed by atoms with Crippen molar-refractivity contribution in [2.45, 2.75) is 32.6 Å². The average molecular weight is 235 g/mol. The number of H-pyrrole nitrogens is 2. The normalized spacial score (nSPS) is 10.9. The van der Waals surface area contributed by atoms with Crippen LogP contribution in [-0.4, -0.2) is 26.5 Å². The van der Waals surface area contributed by atoms with Crippen molar-refractivity contribution in [1.82, 2.24) is 19.9 Å². The fourth-order valence-electron chi connectivity index (χ4n) is 1.74. The van der Waals surface area contributed by atoms with Crippen molar-refractivity contribution < 1.29 is 0 Å². The number of imidazole rings is 1. The summed E-state index contributed by atoms with van der Waals surface area (Å²) in [7, 11) is 0. The molecule has 2 aromatic rings. The lowest BCUT2D eigenvalue weighted by molar-refractivity contribution is 0.684. The molecule has 6 heteroatoms.